The van der Waals surface area contributed by atoms with Gasteiger partial charge in [-0.2, -0.15) is 0 Å². The molecule has 1 saturated carbocycles. The highest BCUT2D eigenvalue weighted by atomic mass is 32.2. The molecule has 9 heteroatoms. The van der Waals surface area contributed by atoms with Crippen LogP contribution in [-0.4, -0.2) is 44.6 Å². The number of nitrogens with two attached hydrogens (primary N) is 1. The summed E-state index contributed by atoms with van der Waals surface area (Å²) in [6, 6.07) is 14.1. The van der Waals surface area contributed by atoms with Gasteiger partial charge in [0, 0.05) is 12.6 Å². The van der Waals surface area contributed by atoms with Crippen LogP contribution in [0.25, 0.3) is 0 Å². The Morgan fingerprint density at radius 3 is 2.48 bits per heavy atom. The molecule has 1 aromatic heterocycles. The fourth-order valence-corrected chi connectivity index (χ4v) is 4.37. The van der Waals surface area contributed by atoms with Crippen LogP contribution in [0.4, 0.5) is 0 Å². The Kier molecular flexibility index (Phi) is 7.08. The highest BCUT2D eigenvalue weighted by Gasteiger charge is 2.32. The second-order valence-corrected chi connectivity index (χ2v) is 9.11. The molecule has 8 nitrogen and oxygen atoms in total. The van der Waals surface area contributed by atoms with Crippen molar-refractivity contribution in [1.29, 1.82) is 0 Å². The van der Waals surface area contributed by atoms with Crippen molar-refractivity contribution in [3.8, 4) is 11.5 Å². The first-order valence-corrected chi connectivity index (χ1v) is 11.9. The molecule has 33 heavy (non-hydrogen) atoms. The molecule has 1 fully saturated rings. The third-order valence-electron chi connectivity index (χ3n) is 5.63. The van der Waals surface area contributed by atoms with Crippen LogP contribution >= 0.6 is 11.8 Å². The summed E-state index contributed by atoms with van der Waals surface area (Å²) >= 11 is 1.29. The quantitative estimate of drug-likeness (QED) is 0.360. The monoisotopic (exact) mass is 467 g/mol. The topological polar surface area (TPSA) is 95.5 Å². The van der Waals surface area contributed by atoms with E-state index in [-0.39, 0.29) is 18.3 Å². The average Bonchev–Trinajstić information content (AvgIpc) is 3.60. The second kappa shape index (κ2) is 10.2. The minimum atomic E-state index is 0.0645. The molecule has 4 rings (SSSR count). The van der Waals surface area contributed by atoms with Gasteiger partial charge in [-0.25, -0.2) is 4.68 Å². The summed E-state index contributed by atoms with van der Waals surface area (Å²) in [6.07, 6.45) is 2.08. The number of rotatable bonds is 10. The van der Waals surface area contributed by atoms with Crippen LogP contribution in [0.3, 0.4) is 0 Å². The summed E-state index contributed by atoms with van der Waals surface area (Å²) < 4.78 is 12.6. The van der Waals surface area contributed by atoms with Crippen molar-refractivity contribution in [3.63, 3.8) is 0 Å². The summed E-state index contributed by atoms with van der Waals surface area (Å²) in [7, 11) is 1.64. The number of para-hydroxylation sites is 1. The highest BCUT2D eigenvalue weighted by Crippen LogP contribution is 2.30. The molecule has 1 aliphatic rings. The van der Waals surface area contributed by atoms with Gasteiger partial charge in [0.15, 0.2) is 5.82 Å². The minimum absolute atomic E-state index is 0.0645. The molecule has 0 spiro atoms. The fourth-order valence-electron chi connectivity index (χ4n) is 3.61. The Morgan fingerprint density at radius 2 is 1.85 bits per heavy atom. The summed E-state index contributed by atoms with van der Waals surface area (Å²) in [5.74, 6) is 8.63. The van der Waals surface area contributed by atoms with Crippen molar-refractivity contribution in [2.75, 3.05) is 18.7 Å². The van der Waals surface area contributed by atoms with Crippen molar-refractivity contribution in [3.05, 3.63) is 65.0 Å². The van der Waals surface area contributed by atoms with E-state index < -0.39 is 0 Å². The van der Waals surface area contributed by atoms with Crippen molar-refractivity contribution in [2.24, 2.45) is 0 Å². The van der Waals surface area contributed by atoms with Gasteiger partial charge < -0.3 is 20.2 Å². The SMILES string of the molecule is COc1ccc(CN(C(=O)CSc2nnc(COc3c(C)cccc3C)n2N)C2CC2)cc1. The summed E-state index contributed by atoms with van der Waals surface area (Å²) in [5, 5.41) is 8.79. The maximum absolute atomic E-state index is 13.0. The van der Waals surface area contributed by atoms with E-state index in [1.165, 1.54) is 16.4 Å². The second-order valence-electron chi connectivity index (χ2n) is 8.17. The van der Waals surface area contributed by atoms with E-state index in [0.29, 0.717) is 23.6 Å². The smallest absolute Gasteiger partial charge is 0.233 e. The molecule has 0 bridgehead atoms. The number of nitrogen functional groups attached to an aromatic ring is 1. The number of aromatic nitrogens is 3. The molecule has 0 unspecified atom stereocenters. The number of carbonyl (C=O) groups is 1. The number of methoxy groups -OCH3 is 1. The van der Waals surface area contributed by atoms with E-state index in [1.807, 2.05) is 61.2 Å². The maximum atomic E-state index is 13.0. The van der Waals surface area contributed by atoms with Crippen molar-refractivity contribution in [1.82, 2.24) is 19.8 Å². The average molecular weight is 468 g/mol. The van der Waals surface area contributed by atoms with Crippen LogP contribution in [0.2, 0.25) is 0 Å². The first-order chi connectivity index (χ1) is 16.0. The predicted molar refractivity (Wildman–Crippen MR) is 128 cm³/mol. The third kappa shape index (κ3) is 5.60. The standard InChI is InChI=1S/C24H29N5O3S/c1-16-5-4-6-17(2)23(16)32-14-21-26-27-24(29(21)25)33-15-22(30)28(19-9-10-19)13-18-7-11-20(31-3)12-8-18/h4-8,11-12,19H,9-10,13-15,25H2,1-3H3. The number of ether oxygens (including phenoxy) is 2. The number of nitrogens with zero attached hydrogens (tertiary/aromatic N) is 4. The molecule has 1 amide bonds. The van der Waals surface area contributed by atoms with E-state index in [9.17, 15) is 4.79 Å². The lowest BCUT2D eigenvalue weighted by molar-refractivity contribution is -0.129. The Morgan fingerprint density at radius 1 is 1.15 bits per heavy atom. The number of carbonyl (C=O) groups excluding carboxylic acids is 1. The number of thioether (sulfide) groups is 1. The van der Waals surface area contributed by atoms with Crippen LogP contribution in [0.5, 0.6) is 11.5 Å². The lowest BCUT2D eigenvalue weighted by Crippen LogP contribution is -2.34. The molecular weight excluding hydrogens is 438 g/mol. The number of hydrogen-bond donors (Lipinski definition) is 1. The van der Waals surface area contributed by atoms with Gasteiger partial charge in [-0.3, -0.25) is 4.79 Å². The van der Waals surface area contributed by atoms with Crippen molar-refractivity contribution >= 4 is 17.7 Å². The molecule has 2 N–H and O–H groups in total. The molecule has 0 aliphatic heterocycles. The van der Waals surface area contributed by atoms with E-state index >= 15 is 0 Å². The number of hydrogen-bond acceptors (Lipinski definition) is 7. The van der Waals surface area contributed by atoms with Gasteiger partial charge in [0.1, 0.15) is 18.1 Å². The maximum Gasteiger partial charge on any atom is 0.233 e. The molecule has 0 atom stereocenters. The predicted octanol–water partition coefficient (Wildman–Crippen LogP) is 3.48. The zero-order valence-corrected chi connectivity index (χ0v) is 20.0. The molecule has 1 heterocycles. The van der Waals surface area contributed by atoms with Crippen LogP contribution in [-0.2, 0) is 17.9 Å². The van der Waals surface area contributed by atoms with Crippen molar-refractivity contribution in [2.45, 2.75) is 51.0 Å². The summed E-state index contributed by atoms with van der Waals surface area (Å²) in [5.41, 5.74) is 3.18. The van der Waals surface area contributed by atoms with Gasteiger partial charge >= 0.3 is 0 Å². The Labute approximate surface area is 198 Å². The van der Waals surface area contributed by atoms with E-state index in [2.05, 4.69) is 10.2 Å². The third-order valence-corrected chi connectivity index (χ3v) is 6.56. The fraction of sp³-hybridized carbons (Fsp3) is 0.375. The van der Waals surface area contributed by atoms with Crippen molar-refractivity contribution < 1.29 is 14.3 Å². The van der Waals surface area contributed by atoms with E-state index in [4.69, 9.17) is 15.3 Å². The molecule has 1 aliphatic carbocycles. The van der Waals surface area contributed by atoms with Crippen LogP contribution in [0.15, 0.2) is 47.6 Å². The number of benzene rings is 2. The van der Waals surface area contributed by atoms with Gasteiger partial charge in [0.25, 0.3) is 0 Å². The largest absolute Gasteiger partial charge is 0.497 e. The number of amides is 1. The first-order valence-electron chi connectivity index (χ1n) is 10.9. The Hall–Kier alpha value is -3.20. The lowest BCUT2D eigenvalue weighted by Gasteiger charge is -2.22. The molecule has 174 valence electrons. The summed E-state index contributed by atoms with van der Waals surface area (Å²) in [6.45, 7) is 4.79. The lowest BCUT2D eigenvalue weighted by atomic mass is 10.1. The van der Waals surface area contributed by atoms with Crippen LogP contribution < -0.4 is 15.3 Å². The summed E-state index contributed by atoms with van der Waals surface area (Å²) in [4.78, 5) is 14.9. The van der Waals surface area contributed by atoms with Crippen LogP contribution in [0.1, 0.15) is 35.4 Å². The molecule has 0 saturated heterocycles. The number of aryl methyl sites for hydroxylation is 2. The van der Waals surface area contributed by atoms with Gasteiger partial charge in [-0.1, -0.05) is 42.1 Å². The zero-order valence-electron chi connectivity index (χ0n) is 19.2. The van der Waals surface area contributed by atoms with Gasteiger partial charge in [-0.15, -0.1) is 10.2 Å². The molecular formula is C24H29N5O3S. The van der Waals surface area contributed by atoms with Gasteiger partial charge in [0.2, 0.25) is 11.1 Å². The molecule has 2 aromatic carbocycles. The van der Waals surface area contributed by atoms with Gasteiger partial charge in [0.05, 0.1) is 12.9 Å². The molecule has 3 aromatic rings. The Bertz CT molecular complexity index is 1090. The zero-order chi connectivity index (χ0) is 23.4. The van der Waals surface area contributed by atoms with Gasteiger partial charge in [-0.05, 0) is 55.5 Å². The normalized spacial score (nSPS) is 13.1. The van der Waals surface area contributed by atoms with E-state index in [1.54, 1.807) is 7.11 Å². The molecule has 0 radical (unpaired) electrons. The van der Waals surface area contributed by atoms with Crippen LogP contribution in [0, 0.1) is 13.8 Å². The Balaban J connectivity index is 1.35. The van der Waals surface area contributed by atoms with E-state index in [0.717, 1.165) is 41.0 Å². The highest BCUT2D eigenvalue weighted by molar-refractivity contribution is 7.99. The minimum Gasteiger partial charge on any atom is -0.497 e. The first kappa shape index (κ1) is 23.0.